The van der Waals surface area contributed by atoms with E-state index in [1.807, 2.05) is 0 Å². The maximum Gasteiger partial charge on any atom is 0.0418 e. The Labute approximate surface area is 132 Å². The summed E-state index contributed by atoms with van der Waals surface area (Å²) in [5, 5.41) is 0. The fourth-order valence-corrected chi connectivity index (χ4v) is 4.78. The second-order valence-corrected chi connectivity index (χ2v) is 8.68. The summed E-state index contributed by atoms with van der Waals surface area (Å²) < 4.78 is 0. The summed E-state index contributed by atoms with van der Waals surface area (Å²) in [5.41, 5.74) is 0. The highest BCUT2D eigenvalue weighted by Gasteiger charge is 2.26. The molecule has 0 radical (unpaired) electrons. The molecule has 0 aromatic rings. The van der Waals surface area contributed by atoms with Gasteiger partial charge in [-0.1, -0.05) is 83.5 Å². The van der Waals surface area contributed by atoms with E-state index in [0.717, 1.165) is 11.8 Å². The molecule has 0 nitrogen and oxygen atoms in total. The number of hydrogen-bond acceptors (Lipinski definition) is 0. The van der Waals surface area contributed by atoms with E-state index in [9.17, 15) is 0 Å². The lowest BCUT2D eigenvalue weighted by Crippen LogP contribution is -2.22. The zero-order chi connectivity index (χ0) is 14.3. The van der Waals surface area contributed by atoms with Gasteiger partial charge in [-0.15, -0.1) is 11.6 Å². The van der Waals surface area contributed by atoms with Crippen LogP contribution in [0.2, 0.25) is 0 Å². The minimum Gasteiger partial charge on any atom is -0.120 e. The molecule has 0 aromatic carbocycles. The van der Waals surface area contributed by atoms with Crippen molar-refractivity contribution in [2.75, 3.05) is 0 Å². The first-order valence-electron chi connectivity index (χ1n) is 9.36. The number of alkyl halides is 1. The quantitative estimate of drug-likeness (QED) is 0.419. The fraction of sp³-hybridized carbons (Fsp3) is 1.00. The average Bonchev–Trinajstić information content (AvgIpc) is 2.42. The zero-order valence-electron chi connectivity index (χ0n) is 13.6. The molecule has 0 amide bonds. The van der Waals surface area contributed by atoms with Crippen LogP contribution in [0.4, 0.5) is 0 Å². The molecule has 0 heterocycles. The summed E-state index contributed by atoms with van der Waals surface area (Å²) >= 11 is 6.66. The van der Waals surface area contributed by atoms with Crippen LogP contribution in [0.5, 0.6) is 0 Å². The van der Waals surface area contributed by atoms with Crippen LogP contribution in [0.3, 0.4) is 0 Å². The van der Waals surface area contributed by atoms with Crippen LogP contribution < -0.4 is 0 Å². The van der Waals surface area contributed by atoms with E-state index in [4.69, 9.17) is 11.6 Å². The zero-order valence-corrected chi connectivity index (χ0v) is 14.4. The van der Waals surface area contributed by atoms with Crippen LogP contribution in [0.1, 0.15) is 103 Å². The van der Waals surface area contributed by atoms with Gasteiger partial charge in [0.2, 0.25) is 0 Å². The van der Waals surface area contributed by atoms with Gasteiger partial charge in [0, 0.05) is 4.87 Å². The van der Waals surface area contributed by atoms with Crippen molar-refractivity contribution >= 4 is 11.6 Å². The number of fused-ring (bicyclic) bond motifs is 1. The molecule has 2 aliphatic carbocycles. The summed E-state index contributed by atoms with van der Waals surface area (Å²) in [6.45, 7) is 2.26. The standard InChI is InChI=1S/C19H35Cl/c1-19(20)15-9-8-13-17-11-6-4-2-3-5-7-12-18(17)14-10-16-19/h17-18H,2-16H2,1H3. The predicted molar refractivity (Wildman–Crippen MR) is 90.5 cm³/mol. The molecule has 0 saturated heterocycles. The minimum atomic E-state index is 0.0861. The van der Waals surface area contributed by atoms with E-state index >= 15 is 0 Å². The number of halogens is 1. The van der Waals surface area contributed by atoms with Crippen molar-refractivity contribution in [3.63, 3.8) is 0 Å². The third-order valence-electron chi connectivity index (χ3n) is 5.86. The first kappa shape index (κ1) is 16.7. The van der Waals surface area contributed by atoms with Gasteiger partial charge < -0.3 is 0 Å². The lowest BCUT2D eigenvalue weighted by Gasteiger charge is -2.32. The summed E-state index contributed by atoms with van der Waals surface area (Å²) in [6.07, 6.45) is 21.5. The van der Waals surface area contributed by atoms with Gasteiger partial charge in [-0.05, 0) is 31.6 Å². The molecule has 2 fully saturated rings. The molecule has 1 heteroatoms. The Balaban J connectivity index is 1.92. The van der Waals surface area contributed by atoms with Gasteiger partial charge in [0.05, 0.1) is 0 Å². The second-order valence-electron chi connectivity index (χ2n) is 7.77. The minimum absolute atomic E-state index is 0.0861. The van der Waals surface area contributed by atoms with Crippen LogP contribution in [-0.2, 0) is 0 Å². The number of hydrogen-bond donors (Lipinski definition) is 0. The third kappa shape index (κ3) is 5.96. The molecular weight excluding hydrogens is 264 g/mol. The van der Waals surface area contributed by atoms with E-state index in [2.05, 4.69) is 6.92 Å². The van der Waals surface area contributed by atoms with Crippen LogP contribution in [0, 0.1) is 11.8 Å². The van der Waals surface area contributed by atoms with Crippen molar-refractivity contribution in [1.29, 1.82) is 0 Å². The van der Waals surface area contributed by atoms with Gasteiger partial charge in [0.15, 0.2) is 0 Å². The topological polar surface area (TPSA) is 0 Å². The molecule has 0 aliphatic heterocycles. The van der Waals surface area contributed by atoms with Gasteiger partial charge in [-0.25, -0.2) is 0 Å². The fourth-order valence-electron chi connectivity index (χ4n) is 4.51. The van der Waals surface area contributed by atoms with Crippen molar-refractivity contribution in [1.82, 2.24) is 0 Å². The summed E-state index contributed by atoms with van der Waals surface area (Å²) in [7, 11) is 0. The largest absolute Gasteiger partial charge is 0.120 e. The van der Waals surface area contributed by atoms with Gasteiger partial charge in [0.1, 0.15) is 0 Å². The van der Waals surface area contributed by atoms with Crippen molar-refractivity contribution in [3.8, 4) is 0 Å². The summed E-state index contributed by atoms with van der Waals surface area (Å²) in [5.74, 6) is 2.05. The van der Waals surface area contributed by atoms with Gasteiger partial charge >= 0.3 is 0 Å². The maximum absolute atomic E-state index is 6.66. The summed E-state index contributed by atoms with van der Waals surface area (Å²) in [6, 6.07) is 0. The van der Waals surface area contributed by atoms with Crippen LogP contribution in [0.25, 0.3) is 0 Å². The van der Waals surface area contributed by atoms with Crippen LogP contribution in [-0.4, -0.2) is 4.87 Å². The van der Waals surface area contributed by atoms with E-state index < -0.39 is 0 Å². The Morgan fingerprint density at radius 1 is 0.600 bits per heavy atom. The van der Waals surface area contributed by atoms with Gasteiger partial charge in [-0.2, -0.15) is 0 Å². The third-order valence-corrected chi connectivity index (χ3v) is 6.24. The molecule has 20 heavy (non-hydrogen) atoms. The Kier molecular flexibility index (Phi) is 7.22. The maximum atomic E-state index is 6.66. The van der Waals surface area contributed by atoms with E-state index in [1.54, 1.807) is 0 Å². The molecule has 3 atom stereocenters. The molecule has 3 unspecified atom stereocenters. The Hall–Kier alpha value is 0.290. The molecule has 118 valence electrons. The van der Waals surface area contributed by atoms with Crippen molar-refractivity contribution in [2.45, 2.75) is 108 Å². The van der Waals surface area contributed by atoms with E-state index in [1.165, 1.54) is 96.3 Å². The molecule has 0 spiro atoms. The average molecular weight is 299 g/mol. The smallest absolute Gasteiger partial charge is 0.0418 e. The molecule has 0 N–H and O–H groups in total. The predicted octanol–water partition coefficient (Wildman–Crippen LogP) is 7.10. The van der Waals surface area contributed by atoms with Crippen LogP contribution >= 0.6 is 11.6 Å². The van der Waals surface area contributed by atoms with Crippen molar-refractivity contribution in [3.05, 3.63) is 0 Å². The Morgan fingerprint density at radius 3 is 1.60 bits per heavy atom. The molecule has 2 saturated carbocycles. The van der Waals surface area contributed by atoms with E-state index in [0.29, 0.717) is 0 Å². The highest BCUT2D eigenvalue weighted by atomic mass is 35.5. The second kappa shape index (κ2) is 8.66. The summed E-state index contributed by atoms with van der Waals surface area (Å²) in [4.78, 5) is 0.0861. The van der Waals surface area contributed by atoms with Crippen molar-refractivity contribution in [2.24, 2.45) is 11.8 Å². The first-order chi connectivity index (χ1) is 9.67. The lowest BCUT2D eigenvalue weighted by molar-refractivity contribution is 0.222. The molecule has 2 rings (SSSR count). The highest BCUT2D eigenvalue weighted by Crippen LogP contribution is 2.38. The SMILES string of the molecule is CC1(Cl)CCCCC2CCCCCCCCC2CCC1. The first-order valence-corrected chi connectivity index (χ1v) is 9.74. The molecule has 0 aromatic heterocycles. The Morgan fingerprint density at radius 2 is 1.00 bits per heavy atom. The van der Waals surface area contributed by atoms with Crippen LogP contribution in [0.15, 0.2) is 0 Å². The van der Waals surface area contributed by atoms with Gasteiger partial charge in [0.25, 0.3) is 0 Å². The Bertz CT molecular complexity index is 258. The lowest BCUT2D eigenvalue weighted by atomic mass is 9.76. The normalized spacial score (nSPS) is 38.7. The van der Waals surface area contributed by atoms with Gasteiger partial charge in [-0.3, -0.25) is 0 Å². The molecular formula is C19H35Cl. The monoisotopic (exact) mass is 298 g/mol. The molecule has 2 aliphatic rings. The number of rotatable bonds is 0. The van der Waals surface area contributed by atoms with Crippen molar-refractivity contribution < 1.29 is 0 Å². The molecule has 0 bridgehead atoms. The highest BCUT2D eigenvalue weighted by molar-refractivity contribution is 6.23. The van der Waals surface area contributed by atoms with E-state index in [-0.39, 0.29) is 4.87 Å².